The number of nitrogens with zero attached hydrogens (tertiary/aromatic N) is 2. The van der Waals surface area contributed by atoms with Crippen LogP contribution in [0.4, 0.5) is 11.4 Å². The second-order valence-electron chi connectivity index (χ2n) is 9.02. The quantitative estimate of drug-likeness (QED) is 0.382. The zero-order chi connectivity index (χ0) is 23.1. The Bertz CT molecular complexity index is 1330. The van der Waals surface area contributed by atoms with Gasteiger partial charge in [0, 0.05) is 18.1 Å². The van der Waals surface area contributed by atoms with E-state index in [-0.39, 0.29) is 30.0 Å². The molecule has 7 rings (SSSR count). The van der Waals surface area contributed by atoms with Crippen molar-refractivity contribution in [1.29, 1.82) is 0 Å². The van der Waals surface area contributed by atoms with Gasteiger partial charge in [-0.2, -0.15) is 0 Å². The van der Waals surface area contributed by atoms with Crippen LogP contribution >= 0.6 is 0 Å². The molecule has 1 fully saturated rings. The zero-order valence-electron chi connectivity index (χ0n) is 17.8. The lowest BCUT2D eigenvalue weighted by Gasteiger charge is -2.53. The number of aliphatic hydroxyl groups excluding tert-OH is 1. The fraction of sp³-hybridized carbons (Fsp3) is 0.231. The summed E-state index contributed by atoms with van der Waals surface area (Å²) in [5, 5.41) is 22.0. The van der Waals surface area contributed by atoms with Crippen molar-refractivity contribution in [2.75, 3.05) is 11.5 Å². The third-order valence-corrected chi connectivity index (χ3v) is 7.68. The van der Waals surface area contributed by atoms with Crippen LogP contribution in [0.1, 0.15) is 33.7 Å². The molecule has 3 aromatic carbocycles. The number of nitro groups is 1. The molecule has 0 aromatic heterocycles. The van der Waals surface area contributed by atoms with Gasteiger partial charge in [0.05, 0.1) is 34.5 Å². The van der Waals surface area contributed by atoms with Crippen molar-refractivity contribution >= 4 is 23.2 Å². The van der Waals surface area contributed by atoms with Gasteiger partial charge in [0.2, 0.25) is 11.8 Å². The van der Waals surface area contributed by atoms with Crippen LogP contribution in [-0.4, -0.2) is 28.5 Å². The van der Waals surface area contributed by atoms with Crippen LogP contribution in [-0.2, 0) is 15.0 Å². The minimum atomic E-state index is -1.03. The first-order chi connectivity index (χ1) is 15.9. The smallest absolute Gasteiger partial charge is 0.269 e. The Morgan fingerprint density at radius 3 is 2.12 bits per heavy atom. The van der Waals surface area contributed by atoms with Crippen molar-refractivity contribution < 1.29 is 19.6 Å². The van der Waals surface area contributed by atoms with E-state index < -0.39 is 22.2 Å². The van der Waals surface area contributed by atoms with E-state index in [9.17, 15) is 24.8 Å². The van der Waals surface area contributed by atoms with Crippen molar-refractivity contribution in [3.05, 3.63) is 105 Å². The molecule has 1 saturated heterocycles. The molecule has 1 N–H and O–H groups in total. The fourth-order valence-electron chi connectivity index (χ4n) is 6.44. The van der Waals surface area contributed by atoms with Crippen molar-refractivity contribution in [3.8, 4) is 0 Å². The van der Waals surface area contributed by atoms with E-state index in [1.165, 1.54) is 23.1 Å². The lowest BCUT2D eigenvalue weighted by Crippen LogP contribution is -2.55. The number of amides is 2. The molecule has 1 heterocycles. The number of nitro benzene ring substituents is 1. The molecule has 0 spiro atoms. The van der Waals surface area contributed by atoms with Crippen LogP contribution in [0.3, 0.4) is 0 Å². The first kappa shape index (κ1) is 19.8. The Labute approximate surface area is 189 Å². The second-order valence-corrected chi connectivity index (χ2v) is 9.02. The topological polar surface area (TPSA) is 101 Å². The highest BCUT2D eigenvalue weighted by atomic mass is 16.6. The summed E-state index contributed by atoms with van der Waals surface area (Å²) in [6, 6.07) is 19.6. The maximum absolute atomic E-state index is 14.0. The maximum Gasteiger partial charge on any atom is 0.269 e. The minimum absolute atomic E-state index is 0.0977. The largest absolute Gasteiger partial charge is 0.395 e. The van der Waals surface area contributed by atoms with Gasteiger partial charge in [-0.25, -0.2) is 4.90 Å². The van der Waals surface area contributed by atoms with E-state index in [1.54, 1.807) is 6.92 Å². The summed E-state index contributed by atoms with van der Waals surface area (Å²) < 4.78 is 0. The standard InChI is InChI=1S/C26H20N2O5/c1-14-12-15(28(32)33)10-11-20(14)27-24(30)22-21-16-6-2-4-8-18(16)26(13-29,23(22)25(27)31)19-9-5-3-7-17(19)21/h2-12,21-23,29H,13H2,1H3/t21?,22-,23-,26?/m0/s1. The molecule has 7 nitrogen and oxygen atoms in total. The Hall–Kier alpha value is -3.84. The van der Waals surface area contributed by atoms with E-state index in [0.29, 0.717) is 11.3 Å². The summed E-state index contributed by atoms with van der Waals surface area (Å²) in [7, 11) is 0. The molecular formula is C26H20N2O5. The lowest BCUT2D eigenvalue weighted by atomic mass is 9.47. The average molecular weight is 440 g/mol. The molecule has 4 aliphatic rings. The molecule has 3 aromatic rings. The number of rotatable bonds is 3. The number of hydrogen-bond acceptors (Lipinski definition) is 5. The molecule has 164 valence electrons. The van der Waals surface area contributed by atoms with E-state index in [0.717, 1.165) is 22.3 Å². The number of aliphatic hydroxyl groups is 1. The van der Waals surface area contributed by atoms with Gasteiger partial charge in [-0.3, -0.25) is 19.7 Å². The molecule has 1 aliphatic heterocycles. The molecule has 0 saturated carbocycles. The molecule has 7 heteroatoms. The van der Waals surface area contributed by atoms with Crippen LogP contribution < -0.4 is 4.90 Å². The average Bonchev–Trinajstić information content (AvgIpc) is 3.10. The summed E-state index contributed by atoms with van der Waals surface area (Å²) in [5.74, 6) is -2.39. The normalized spacial score (nSPS) is 26.7. The van der Waals surface area contributed by atoms with Gasteiger partial charge in [0.1, 0.15) is 0 Å². The summed E-state index contributed by atoms with van der Waals surface area (Å²) in [5.41, 5.74) is 3.42. The van der Waals surface area contributed by atoms with Gasteiger partial charge in [0.25, 0.3) is 5.69 Å². The molecular weight excluding hydrogens is 420 g/mol. The van der Waals surface area contributed by atoms with Crippen LogP contribution in [0.15, 0.2) is 66.7 Å². The third kappa shape index (κ3) is 2.27. The predicted octanol–water partition coefficient (Wildman–Crippen LogP) is 3.45. The van der Waals surface area contributed by atoms with E-state index in [2.05, 4.69) is 0 Å². The van der Waals surface area contributed by atoms with Crippen molar-refractivity contribution in [2.24, 2.45) is 11.8 Å². The predicted molar refractivity (Wildman–Crippen MR) is 120 cm³/mol. The number of hydrogen-bond donors (Lipinski definition) is 1. The fourth-order valence-corrected chi connectivity index (χ4v) is 6.44. The number of anilines is 1. The molecule has 2 amide bonds. The Balaban J connectivity index is 1.59. The van der Waals surface area contributed by atoms with E-state index >= 15 is 0 Å². The molecule has 2 bridgehead atoms. The zero-order valence-corrected chi connectivity index (χ0v) is 17.8. The van der Waals surface area contributed by atoms with Gasteiger partial charge in [-0.1, -0.05) is 48.5 Å². The minimum Gasteiger partial charge on any atom is -0.395 e. The molecule has 0 unspecified atom stereocenters. The number of carbonyl (C=O) groups is 2. The van der Waals surface area contributed by atoms with Crippen LogP contribution in [0, 0.1) is 28.9 Å². The summed E-state index contributed by atoms with van der Waals surface area (Å²) in [4.78, 5) is 39.7. The summed E-state index contributed by atoms with van der Waals surface area (Å²) >= 11 is 0. The summed E-state index contributed by atoms with van der Waals surface area (Å²) in [6.07, 6.45) is 0. The molecule has 0 radical (unpaired) electrons. The Morgan fingerprint density at radius 2 is 1.58 bits per heavy atom. The SMILES string of the molecule is Cc1cc([N+](=O)[O-])ccc1N1C(=O)[C@@H]2[C@@H](C1=O)C1c3ccccc3C2(CO)c2ccccc21. The number of non-ortho nitro benzene ring substituents is 1. The van der Waals surface area contributed by atoms with E-state index in [4.69, 9.17) is 0 Å². The van der Waals surface area contributed by atoms with E-state index in [1.807, 2.05) is 48.5 Å². The Morgan fingerprint density at radius 1 is 0.970 bits per heavy atom. The number of carbonyl (C=O) groups excluding carboxylic acids is 2. The first-order valence-corrected chi connectivity index (χ1v) is 10.8. The number of benzene rings is 3. The van der Waals surface area contributed by atoms with Crippen LogP contribution in [0.5, 0.6) is 0 Å². The Kier molecular flexibility index (Phi) is 3.95. The molecule has 33 heavy (non-hydrogen) atoms. The first-order valence-electron chi connectivity index (χ1n) is 10.8. The number of aryl methyl sites for hydroxylation is 1. The second kappa shape index (κ2) is 6.59. The van der Waals surface area contributed by atoms with Crippen molar-refractivity contribution in [2.45, 2.75) is 18.3 Å². The lowest BCUT2D eigenvalue weighted by molar-refractivity contribution is -0.384. The van der Waals surface area contributed by atoms with Gasteiger partial charge in [0.15, 0.2) is 0 Å². The third-order valence-electron chi connectivity index (χ3n) is 7.68. The van der Waals surface area contributed by atoms with Crippen LogP contribution in [0.2, 0.25) is 0 Å². The highest BCUT2D eigenvalue weighted by molar-refractivity contribution is 6.24. The monoisotopic (exact) mass is 440 g/mol. The van der Waals surface area contributed by atoms with Gasteiger partial charge < -0.3 is 5.11 Å². The maximum atomic E-state index is 14.0. The van der Waals surface area contributed by atoms with Gasteiger partial charge in [-0.05, 0) is 40.8 Å². The highest BCUT2D eigenvalue weighted by Gasteiger charge is 2.68. The van der Waals surface area contributed by atoms with Gasteiger partial charge in [-0.15, -0.1) is 0 Å². The highest BCUT2D eigenvalue weighted by Crippen LogP contribution is 2.64. The van der Waals surface area contributed by atoms with Crippen LogP contribution in [0.25, 0.3) is 0 Å². The van der Waals surface area contributed by atoms with Gasteiger partial charge >= 0.3 is 0 Å². The van der Waals surface area contributed by atoms with Crippen molar-refractivity contribution in [3.63, 3.8) is 0 Å². The number of imide groups is 1. The molecule has 3 aliphatic carbocycles. The van der Waals surface area contributed by atoms with Crippen molar-refractivity contribution in [1.82, 2.24) is 0 Å². The molecule has 2 atom stereocenters. The summed E-state index contributed by atoms with van der Waals surface area (Å²) in [6.45, 7) is 1.35.